The summed E-state index contributed by atoms with van der Waals surface area (Å²) in [6.45, 7) is 1.71. The molecule has 1 aromatic heterocycles. The van der Waals surface area contributed by atoms with Crippen molar-refractivity contribution in [3.05, 3.63) is 53.2 Å². The Hall–Kier alpha value is -2.05. The topological polar surface area (TPSA) is 73.1 Å². The summed E-state index contributed by atoms with van der Waals surface area (Å²) in [7, 11) is 1.52. The van der Waals surface area contributed by atoms with Crippen LogP contribution in [0.25, 0.3) is 0 Å². The van der Waals surface area contributed by atoms with E-state index in [4.69, 9.17) is 10.6 Å². The van der Waals surface area contributed by atoms with E-state index < -0.39 is 6.04 Å². The van der Waals surface area contributed by atoms with Gasteiger partial charge in [0.25, 0.3) is 0 Å². The first-order valence-electron chi connectivity index (χ1n) is 5.74. The zero-order chi connectivity index (χ0) is 13.8. The normalized spacial score (nSPS) is 12.2. The van der Waals surface area contributed by atoms with Gasteiger partial charge in [0.05, 0.1) is 18.8 Å². The van der Waals surface area contributed by atoms with Crippen molar-refractivity contribution in [1.29, 1.82) is 0 Å². The zero-order valence-electron chi connectivity index (χ0n) is 10.7. The Kier molecular flexibility index (Phi) is 4.03. The van der Waals surface area contributed by atoms with E-state index in [-0.39, 0.29) is 5.82 Å². The molecule has 3 N–H and O–H groups in total. The second kappa shape index (κ2) is 5.73. The Balaban J connectivity index is 2.40. The van der Waals surface area contributed by atoms with Gasteiger partial charge in [0.1, 0.15) is 12.1 Å². The molecule has 100 valence electrons. The fraction of sp³-hybridized carbons (Fsp3) is 0.231. The number of nitrogens with one attached hydrogen (secondary N) is 1. The summed E-state index contributed by atoms with van der Waals surface area (Å²) in [5.41, 5.74) is 4.50. The molecule has 0 spiro atoms. The molecule has 19 heavy (non-hydrogen) atoms. The molecule has 2 rings (SSSR count). The van der Waals surface area contributed by atoms with Crippen LogP contribution in [-0.4, -0.2) is 17.1 Å². The van der Waals surface area contributed by atoms with Crippen LogP contribution in [0, 0.1) is 12.7 Å². The lowest BCUT2D eigenvalue weighted by Crippen LogP contribution is -2.29. The van der Waals surface area contributed by atoms with Crippen molar-refractivity contribution in [1.82, 2.24) is 15.4 Å². The van der Waals surface area contributed by atoms with Gasteiger partial charge in [0, 0.05) is 6.07 Å². The molecule has 0 fully saturated rings. The number of benzene rings is 1. The third kappa shape index (κ3) is 2.86. The Labute approximate surface area is 110 Å². The first-order chi connectivity index (χ1) is 9.15. The summed E-state index contributed by atoms with van der Waals surface area (Å²) in [5.74, 6) is 5.69. The lowest BCUT2D eigenvalue weighted by atomic mass is 10.0. The summed E-state index contributed by atoms with van der Waals surface area (Å²) in [4.78, 5) is 8.05. The minimum Gasteiger partial charge on any atom is -0.481 e. The number of aryl methyl sites for hydroxylation is 1. The minimum absolute atomic E-state index is 0.279. The van der Waals surface area contributed by atoms with Crippen LogP contribution in [0.4, 0.5) is 4.39 Å². The van der Waals surface area contributed by atoms with Gasteiger partial charge >= 0.3 is 0 Å². The second-order valence-electron chi connectivity index (χ2n) is 4.09. The van der Waals surface area contributed by atoms with E-state index in [1.165, 1.54) is 19.5 Å². The van der Waals surface area contributed by atoms with E-state index in [1.807, 2.05) is 0 Å². The Morgan fingerprint density at radius 2 is 2.11 bits per heavy atom. The molecule has 1 aromatic carbocycles. The van der Waals surface area contributed by atoms with Crippen LogP contribution in [0.1, 0.15) is 22.9 Å². The molecule has 0 saturated heterocycles. The van der Waals surface area contributed by atoms with Crippen LogP contribution in [0.15, 0.2) is 30.6 Å². The lowest BCUT2D eigenvalue weighted by Gasteiger charge is -2.16. The highest BCUT2D eigenvalue weighted by molar-refractivity contribution is 5.32. The van der Waals surface area contributed by atoms with Gasteiger partial charge < -0.3 is 4.74 Å². The van der Waals surface area contributed by atoms with Gasteiger partial charge in [-0.3, -0.25) is 5.84 Å². The number of nitrogens with two attached hydrogens (primary N) is 1. The van der Waals surface area contributed by atoms with E-state index in [0.717, 1.165) is 0 Å². The monoisotopic (exact) mass is 262 g/mol. The number of ether oxygens (including phenoxy) is 1. The zero-order valence-corrected chi connectivity index (χ0v) is 10.7. The van der Waals surface area contributed by atoms with Crippen molar-refractivity contribution in [3.63, 3.8) is 0 Å². The molecule has 1 atom stereocenters. The molecule has 0 aliphatic carbocycles. The molecular formula is C13H15FN4O. The van der Waals surface area contributed by atoms with Gasteiger partial charge in [0.2, 0.25) is 5.88 Å². The third-order valence-electron chi connectivity index (χ3n) is 2.86. The largest absolute Gasteiger partial charge is 0.481 e. The van der Waals surface area contributed by atoms with Crippen LogP contribution >= 0.6 is 0 Å². The molecule has 0 radical (unpaired) electrons. The molecule has 1 heterocycles. The summed E-state index contributed by atoms with van der Waals surface area (Å²) >= 11 is 0. The van der Waals surface area contributed by atoms with Gasteiger partial charge in [-0.2, -0.15) is 0 Å². The van der Waals surface area contributed by atoms with Gasteiger partial charge in [-0.15, -0.1) is 0 Å². The fourth-order valence-corrected chi connectivity index (χ4v) is 1.76. The van der Waals surface area contributed by atoms with Crippen molar-refractivity contribution < 1.29 is 9.13 Å². The molecule has 2 aromatic rings. The van der Waals surface area contributed by atoms with Gasteiger partial charge in [-0.25, -0.2) is 19.8 Å². The summed E-state index contributed by atoms with van der Waals surface area (Å²) < 4.78 is 18.6. The van der Waals surface area contributed by atoms with E-state index >= 15 is 0 Å². The van der Waals surface area contributed by atoms with Crippen molar-refractivity contribution in [2.24, 2.45) is 5.84 Å². The number of hydrazine groups is 1. The van der Waals surface area contributed by atoms with Crippen LogP contribution in [0.2, 0.25) is 0 Å². The van der Waals surface area contributed by atoms with Crippen molar-refractivity contribution in [2.75, 3.05) is 7.11 Å². The van der Waals surface area contributed by atoms with E-state index in [2.05, 4.69) is 15.4 Å². The SMILES string of the molecule is COc1cc(C(NN)c2ccc(C)c(F)c2)ncn1. The highest BCUT2D eigenvalue weighted by Gasteiger charge is 2.16. The summed E-state index contributed by atoms with van der Waals surface area (Å²) in [5, 5.41) is 0. The minimum atomic E-state index is -0.424. The molecule has 0 saturated carbocycles. The predicted octanol–water partition coefficient (Wildman–Crippen LogP) is 1.49. The van der Waals surface area contributed by atoms with Crippen molar-refractivity contribution in [3.8, 4) is 5.88 Å². The fourth-order valence-electron chi connectivity index (χ4n) is 1.76. The maximum atomic E-state index is 13.6. The van der Waals surface area contributed by atoms with E-state index in [0.29, 0.717) is 22.7 Å². The maximum Gasteiger partial charge on any atom is 0.216 e. The van der Waals surface area contributed by atoms with E-state index in [9.17, 15) is 4.39 Å². The lowest BCUT2D eigenvalue weighted by molar-refractivity contribution is 0.395. The number of hydrogen-bond donors (Lipinski definition) is 2. The number of aromatic nitrogens is 2. The van der Waals surface area contributed by atoms with Crippen LogP contribution in [0.5, 0.6) is 5.88 Å². The third-order valence-corrected chi connectivity index (χ3v) is 2.86. The molecule has 0 amide bonds. The van der Waals surface area contributed by atoms with E-state index in [1.54, 1.807) is 25.1 Å². The number of nitrogens with zero attached hydrogens (tertiary/aromatic N) is 2. The number of methoxy groups -OCH3 is 1. The van der Waals surface area contributed by atoms with Crippen LogP contribution in [0.3, 0.4) is 0 Å². The summed E-state index contributed by atoms with van der Waals surface area (Å²) in [6, 6.07) is 6.17. The van der Waals surface area contributed by atoms with Crippen molar-refractivity contribution >= 4 is 0 Å². The maximum absolute atomic E-state index is 13.6. The average molecular weight is 262 g/mol. The van der Waals surface area contributed by atoms with Gasteiger partial charge in [-0.05, 0) is 24.1 Å². The molecular weight excluding hydrogens is 247 g/mol. The Bertz CT molecular complexity index is 576. The molecule has 0 aliphatic heterocycles. The van der Waals surface area contributed by atoms with Gasteiger partial charge in [0.15, 0.2) is 0 Å². The molecule has 5 nitrogen and oxygen atoms in total. The molecule has 6 heteroatoms. The number of rotatable bonds is 4. The quantitative estimate of drug-likeness (QED) is 0.645. The molecule has 0 bridgehead atoms. The van der Waals surface area contributed by atoms with Crippen molar-refractivity contribution in [2.45, 2.75) is 13.0 Å². The number of halogens is 1. The van der Waals surface area contributed by atoms with Gasteiger partial charge in [-0.1, -0.05) is 12.1 Å². The molecule has 1 unspecified atom stereocenters. The predicted molar refractivity (Wildman–Crippen MR) is 68.9 cm³/mol. The van der Waals surface area contributed by atoms with Crippen LogP contribution in [-0.2, 0) is 0 Å². The highest BCUT2D eigenvalue weighted by Crippen LogP contribution is 2.23. The average Bonchev–Trinajstić information content (AvgIpc) is 2.44. The highest BCUT2D eigenvalue weighted by atomic mass is 19.1. The first-order valence-corrected chi connectivity index (χ1v) is 5.74. The Morgan fingerprint density at radius 1 is 1.32 bits per heavy atom. The van der Waals surface area contributed by atoms with Crippen LogP contribution < -0.4 is 16.0 Å². The summed E-state index contributed by atoms with van der Waals surface area (Å²) in [6.07, 6.45) is 1.38. The molecule has 0 aliphatic rings. The number of hydrogen-bond acceptors (Lipinski definition) is 5. The Morgan fingerprint density at radius 3 is 2.74 bits per heavy atom. The standard InChI is InChI=1S/C13H15FN4O/c1-8-3-4-9(5-10(8)14)13(18-15)11-6-12(19-2)17-7-16-11/h3-7,13,18H,15H2,1-2H3. The first kappa shape index (κ1) is 13.4. The second-order valence-corrected chi connectivity index (χ2v) is 4.09. The smallest absolute Gasteiger partial charge is 0.216 e.